The minimum Gasteiger partial charge on any atom is -0.481 e. The zero-order valence-corrected chi connectivity index (χ0v) is 12.8. The molecule has 0 amide bonds. The van der Waals surface area contributed by atoms with Gasteiger partial charge in [-0.1, -0.05) is 85.0 Å². The molecule has 18 heavy (non-hydrogen) atoms. The molecule has 110 valence electrons. The zero-order chi connectivity index (χ0) is 14.1. The molecule has 0 spiro atoms. The Labute approximate surface area is 114 Å². The summed E-state index contributed by atoms with van der Waals surface area (Å²) < 4.78 is 0. The van der Waals surface area contributed by atoms with Crippen LogP contribution in [0.25, 0.3) is 0 Å². The normalized spacial score (nSPS) is 9.72. The van der Waals surface area contributed by atoms with Crippen LogP contribution in [0.15, 0.2) is 0 Å². The zero-order valence-electron chi connectivity index (χ0n) is 12.8. The monoisotopic (exact) mass is 258 g/mol. The van der Waals surface area contributed by atoms with Crippen LogP contribution in [-0.2, 0) is 4.79 Å². The van der Waals surface area contributed by atoms with Crippen LogP contribution < -0.4 is 0 Å². The first-order valence-electron chi connectivity index (χ1n) is 7.90. The molecule has 0 bridgehead atoms. The van der Waals surface area contributed by atoms with Crippen molar-refractivity contribution in [2.24, 2.45) is 0 Å². The molecule has 0 aliphatic rings. The molecule has 0 heterocycles. The lowest BCUT2D eigenvalue weighted by Crippen LogP contribution is -1.93. The Balaban J connectivity index is 0. The average Bonchev–Trinajstić information content (AvgIpc) is 2.37. The number of carbonyl (C=O) groups is 1. The molecule has 0 saturated heterocycles. The largest absolute Gasteiger partial charge is 0.481 e. The Morgan fingerprint density at radius 2 is 1.06 bits per heavy atom. The highest BCUT2D eigenvalue weighted by atomic mass is 16.4. The fourth-order valence-corrected chi connectivity index (χ4v) is 1.59. The summed E-state index contributed by atoms with van der Waals surface area (Å²) in [4.78, 5) is 10.2. The number of hydrogen-bond acceptors (Lipinski definition) is 1. The van der Waals surface area contributed by atoms with E-state index in [0.717, 1.165) is 12.8 Å². The quantitative estimate of drug-likeness (QED) is 0.476. The number of rotatable bonds is 11. The molecule has 0 aromatic heterocycles. The van der Waals surface area contributed by atoms with Gasteiger partial charge in [0, 0.05) is 6.42 Å². The summed E-state index contributed by atoms with van der Waals surface area (Å²) in [6, 6.07) is 0. The summed E-state index contributed by atoms with van der Waals surface area (Å²) in [6.45, 7) is 6.59. The molecule has 0 aromatic rings. The molecule has 0 rings (SSSR count). The summed E-state index contributed by atoms with van der Waals surface area (Å²) in [5.74, 6) is -0.659. The van der Waals surface area contributed by atoms with Crippen LogP contribution in [0.4, 0.5) is 0 Å². The van der Waals surface area contributed by atoms with E-state index in [0.29, 0.717) is 6.42 Å². The van der Waals surface area contributed by atoms with E-state index in [1.54, 1.807) is 0 Å². The molecule has 0 fully saturated rings. The Bertz CT molecular complexity index is 153. The maximum absolute atomic E-state index is 10.2. The number of carboxylic acids is 1. The third-order valence-corrected chi connectivity index (χ3v) is 2.99. The molecular weight excluding hydrogens is 224 g/mol. The number of carboxylic acid groups (broad SMARTS) is 1. The predicted molar refractivity (Wildman–Crippen MR) is 80.1 cm³/mol. The first-order valence-corrected chi connectivity index (χ1v) is 7.90. The molecule has 2 heteroatoms. The highest BCUT2D eigenvalue weighted by Gasteiger charge is 1.96. The van der Waals surface area contributed by atoms with Crippen LogP contribution >= 0.6 is 0 Å². The fraction of sp³-hybridized carbons (Fsp3) is 0.938. The lowest BCUT2D eigenvalue weighted by molar-refractivity contribution is -0.137. The van der Waals surface area contributed by atoms with Gasteiger partial charge >= 0.3 is 5.97 Å². The predicted octanol–water partition coefficient (Wildman–Crippen LogP) is 5.80. The fourth-order valence-electron chi connectivity index (χ4n) is 1.59. The van der Waals surface area contributed by atoms with Gasteiger partial charge < -0.3 is 5.11 Å². The van der Waals surface area contributed by atoms with E-state index in [2.05, 4.69) is 20.8 Å². The van der Waals surface area contributed by atoms with Crippen molar-refractivity contribution in [2.45, 2.75) is 97.8 Å². The maximum atomic E-state index is 10.2. The second kappa shape index (κ2) is 18.8. The average molecular weight is 258 g/mol. The van der Waals surface area contributed by atoms with Crippen LogP contribution in [-0.4, -0.2) is 11.1 Å². The number of hydrogen-bond donors (Lipinski definition) is 1. The number of aliphatic carboxylic acids is 1. The third kappa shape index (κ3) is 24.6. The van der Waals surface area contributed by atoms with Gasteiger partial charge in [-0.25, -0.2) is 0 Å². The minimum absolute atomic E-state index is 0.343. The molecule has 0 unspecified atom stereocenters. The van der Waals surface area contributed by atoms with Crippen LogP contribution in [0.2, 0.25) is 0 Å². The van der Waals surface area contributed by atoms with Crippen LogP contribution in [0.3, 0.4) is 0 Å². The summed E-state index contributed by atoms with van der Waals surface area (Å²) in [7, 11) is 0. The molecule has 0 aliphatic carbocycles. The van der Waals surface area contributed by atoms with Gasteiger partial charge in [0.2, 0.25) is 0 Å². The van der Waals surface area contributed by atoms with E-state index >= 15 is 0 Å². The summed E-state index contributed by atoms with van der Waals surface area (Å²) in [6.07, 6.45) is 14.1. The van der Waals surface area contributed by atoms with Crippen molar-refractivity contribution in [1.29, 1.82) is 0 Å². The van der Waals surface area contributed by atoms with Gasteiger partial charge in [0.05, 0.1) is 0 Å². The second-order valence-corrected chi connectivity index (χ2v) is 4.97. The van der Waals surface area contributed by atoms with E-state index in [1.165, 1.54) is 57.8 Å². The Morgan fingerprint density at radius 1 is 0.667 bits per heavy atom. The first kappa shape index (κ1) is 19.8. The second-order valence-electron chi connectivity index (χ2n) is 4.97. The lowest BCUT2D eigenvalue weighted by atomic mass is 10.1. The molecule has 0 saturated carbocycles. The van der Waals surface area contributed by atoms with E-state index in [-0.39, 0.29) is 0 Å². The van der Waals surface area contributed by atoms with Gasteiger partial charge in [0.25, 0.3) is 0 Å². The van der Waals surface area contributed by atoms with Gasteiger partial charge in [-0.2, -0.15) is 0 Å². The van der Waals surface area contributed by atoms with Crippen molar-refractivity contribution >= 4 is 5.97 Å². The van der Waals surface area contributed by atoms with Gasteiger partial charge in [0.15, 0.2) is 0 Å². The van der Waals surface area contributed by atoms with Crippen molar-refractivity contribution in [1.82, 2.24) is 0 Å². The van der Waals surface area contributed by atoms with Gasteiger partial charge in [-0.3, -0.25) is 4.79 Å². The van der Waals surface area contributed by atoms with E-state index < -0.39 is 5.97 Å². The summed E-state index contributed by atoms with van der Waals surface area (Å²) in [5.41, 5.74) is 0. The van der Waals surface area contributed by atoms with Crippen LogP contribution in [0.1, 0.15) is 97.8 Å². The topological polar surface area (TPSA) is 37.3 Å². The minimum atomic E-state index is -0.659. The molecule has 0 aliphatic heterocycles. The lowest BCUT2D eigenvalue weighted by Gasteiger charge is -2.00. The van der Waals surface area contributed by atoms with Gasteiger partial charge in [-0.15, -0.1) is 0 Å². The molecule has 0 radical (unpaired) electrons. The Morgan fingerprint density at radius 3 is 1.39 bits per heavy atom. The molecule has 1 N–H and O–H groups in total. The van der Waals surface area contributed by atoms with Crippen molar-refractivity contribution in [3.8, 4) is 0 Å². The number of unbranched alkanes of at least 4 members (excludes halogenated alkanes) is 9. The summed E-state index contributed by atoms with van der Waals surface area (Å²) >= 11 is 0. The first-order chi connectivity index (χ1) is 8.68. The van der Waals surface area contributed by atoms with Crippen molar-refractivity contribution < 1.29 is 9.90 Å². The van der Waals surface area contributed by atoms with Gasteiger partial charge in [0.1, 0.15) is 0 Å². The molecule has 0 atom stereocenters. The van der Waals surface area contributed by atoms with Crippen molar-refractivity contribution in [3.63, 3.8) is 0 Å². The Hall–Kier alpha value is -0.530. The van der Waals surface area contributed by atoms with Gasteiger partial charge in [-0.05, 0) is 6.42 Å². The van der Waals surface area contributed by atoms with E-state index in [4.69, 9.17) is 5.11 Å². The molecule has 0 aromatic carbocycles. The highest BCUT2D eigenvalue weighted by Crippen LogP contribution is 2.10. The van der Waals surface area contributed by atoms with E-state index in [1.807, 2.05) is 0 Å². The maximum Gasteiger partial charge on any atom is 0.303 e. The highest BCUT2D eigenvalue weighted by molar-refractivity contribution is 5.66. The van der Waals surface area contributed by atoms with Crippen LogP contribution in [0.5, 0.6) is 0 Å². The molecular formula is C16H34O2. The SMILES string of the molecule is CCCC.CCCCCCCCCCCC(=O)O. The van der Waals surface area contributed by atoms with Crippen molar-refractivity contribution in [2.75, 3.05) is 0 Å². The molecule has 2 nitrogen and oxygen atoms in total. The van der Waals surface area contributed by atoms with Crippen molar-refractivity contribution in [3.05, 3.63) is 0 Å². The summed E-state index contributed by atoms with van der Waals surface area (Å²) in [5, 5.41) is 8.41. The Kier molecular flexibility index (Phi) is 20.7. The smallest absolute Gasteiger partial charge is 0.303 e. The van der Waals surface area contributed by atoms with Crippen LogP contribution in [0, 0.1) is 0 Å². The third-order valence-electron chi connectivity index (χ3n) is 2.99. The standard InChI is InChI=1S/C12H24O2.C4H10/c1-2-3-4-5-6-7-8-9-10-11-12(13)14;1-3-4-2/h2-11H2,1H3,(H,13,14);3-4H2,1-2H3. The van der Waals surface area contributed by atoms with E-state index in [9.17, 15) is 4.79 Å².